The predicted molar refractivity (Wildman–Crippen MR) is 64.7 cm³/mol. The van der Waals surface area contributed by atoms with E-state index in [4.69, 9.17) is 5.73 Å². The molecular formula is C12H16N2O3. The van der Waals surface area contributed by atoms with Crippen molar-refractivity contribution in [2.24, 2.45) is 5.73 Å². The average Bonchev–Trinajstić information content (AvgIpc) is 2.35. The molecule has 0 aromatic heterocycles. The molecule has 1 rings (SSSR count). The van der Waals surface area contributed by atoms with Crippen LogP contribution in [-0.4, -0.2) is 25.0 Å². The minimum absolute atomic E-state index is 0.313. The van der Waals surface area contributed by atoms with E-state index in [1.165, 1.54) is 7.11 Å². The maximum absolute atomic E-state index is 11.4. The Morgan fingerprint density at radius 1 is 1.35 bits per heavy atom. The van der Waals surface area contributed by atoms with Crippen molar-refractivity contribution in [1.82, 2.24) is 0 Å². The normalized spacial score (nSPS) is 11.6. The van der Waals surface area contributed by atoms with Gasteiger partial charge in [0, 0.05) is 11.3 Å². The minimum Gasteiger partial charge on any atom is -0.467 e. The minimum atomic E-state index is -0.475. The first-order valence-electron chi connectivity index (χ1n) is 5.32. The van der Waals surface area contributed by atoms with Gasteiger partial charge < -0.3 is 15.8 Å². The number of methoxy groups -OCH3 is 1. The highest BCUT2D eigenvalue weighted by molar-refractivity contribution is 5.93. The van der Waals surface area contributed by atoms with E-state index in [2.05, 4.69) is 10.1 Å². The van der Waals surface area contributed by atoms with Crippen LogP contribution in [0.3, 0.4) is 0 Å². The van der Waals surface area contributed by atoms with Gasteiger partial charge in [-0.05, 0) is 30.7 Å². The van der Waals surface area contributed by atoms with Crippen LogP contribution in [0.15, 0.2) is 24.3 Å². The molecule has 92 valence electrons. The second kappa shape index (κ2) is 5.89. The molecule has 1 amide bonds. The first-order valence-corrected chi connectivity index (χ1v) is 5.32. The number of ether oxygens (including phenoxy) is 1. The molecular weight excluding hydrogens is 220 g/mol. The van der Waals surface area contributed by atoms with Crippen molar-refractivity contribution >= 4 is 17.6 Å². The molecule has 1 aromatic carbocycles. The number of primary amides is 1. The standard InChI is InChI=1S/C12H16N2O3/c1-3-10(12(16)17-2)14-9-6-4-8(5-7-9)11(13)15/h4-7,10,14H,3H2,1-2H3,(H2,13,15). The molecule has 3 N–H and O–H groups in total. The topological polar surface area (TPSA) is 81.4 Å². The fraction of sp³-hybridized carbons (Fsp3) is 0.333. The third-order valence-electron chi connectivity index (χ3n) is 2.40. The van der Waals surface area contributed by atoms with Crippen LogP contribution in [0, 0.1) is 0 Å². The Labute approximate surface area is 99.9 Å². The van der Waals surface area contributed by atoms with Crippen molar-refractivity contribution in [2.75, 3.05) is 12.4 Å². The van der Waals surface area contributed by atoms with Crippen LogP contribution < -0.4 is 11.1 Å². The Balaban J connectivity index is 2.74. The number of anilines is 1. The van der Waals surface area contributed by atoms with Crippen LogP contribution in [0.2, 0.25) is 0 Å². The van der Waals surface area contributed by atoms with Crippen molar-refractivity contribution in [3.63, 3.8) is 0 Å². The van der Waals surface area contributed by atoms with Gasteiger partial charge in [-0.15, -0.1) is 0 Å². The third kappa shape index (κ3) is 3.48. The molecule has 0 aliphatic heterocycles. The van der Waals surface area contributed by atoms with Crippen molar-refractivity contribution in [1.29, 1.82) is 0 Å². The summed E-state index contributed by atoms with van der Waals surface area (Å²) in [6.45, 7) is 1.88. The van der Waals surface area contributed by atoms with Crippen LogP contribution in [0.25, 0.3) is 0 Å². The molecule has 1 aromatic rings. The van der Waals surface area contributed by atoms with E-state index < -0.39 is 5.91 Å². The second-order valence-corrected chi connectivity index (χ2v) is 3.57. The Morgan fingerprint density at radius 3 is 2.35 bits per heavy atom. The van der Waals surface area contributed by atoms with Gasteiger partial charge in [-0.2, -0.15) is 0 Å². The van der Waals surface area contributed by atoms with Gasteiger partial charge in [0.1, 0.15) is 6.04 Å². The van der Waals surface area contributed by atoms with Gasteiger partial charge in [-0.1, -0.05) is 6.92 Å². The number of hydrogen-bond acceptors (Lipinski definition) is 4. The van der Waals surface area contributed by atoms with Crippen molar-refractivity contribution < 1.29 is 14.3 Å². The highest BCUT2D eigenvalue weighted by atomic mass is 16.5. The summed E-state index contributed by atoms with van der Waals surface area (Å²) in [4.78, 5) is 22.2. The molecule has 0 radical (unpaired) electrons. The number of amides is 1. The lowest BCUT2D eigenvalue weighted by Crippen LogP contribution is -2.29. The molecule has 0 aliphatic rings. The Kier molecular flexibility index (Phi) is 4.51. The lowest BCUT2D eigenvalue weighted by atomic mass is 10.1. The molecule has 5 nitrogen and oxygen atoms in total. The number of rotatable bonds is 5. The Bertz CT molecular complexity index is 401. The molecule has 0 fully saturated rings. The highest BCUT2D eigenvalue weighted by Gasteiger charge is 2.16. The summed E-state index contributed by atoms with van der Waals surface area (Å²) < 4.78 is 4.66. The second-order valence-electron chi connectivity index (χ2n) is 3.57. The smallest absolute Gasteiger partial charge is 0.328 e. The van der Waals surface area contributed by atoms with Crippen molar-refractivity contribution in [3.8, 4) is 0 Å². The molecule has 0 bridgehead atoms. The lowest BCUT2D eigenvalue weighted by Gasteiger charge is -2.15. The molecule has 5 heteroatoms. The van der Waals surface area contributed by atoms with E-state index in [0.717, 1.165) is 5.69 Å². The zero-order chi connectivity index (χ0) is 12.8. The van der Waals surface area contributed by atoms with Gasteiger partial charge in [0.2, 0.25) is 5.91 Å². The molecule has 17 heavy (non-hydrogen) atoms. The number of nitrogens with two attached hydrogens (primary N) is 1. The summed E-state index contributed by atoms with van der Waals surface area (Å²) >= 11 is 0. The van der Waals surface area contributed by atoms with E-state index in [1.807, 2.05) is 6.92 Å². The number of hydrogen-bond donors (Lipinski definition) is 2. The van der Waals surface area contributed by atoms with Crippen molar-refractivity contribution in [2.45, 2.75) is 19.4 Å². The monoisotopic (exact) mass is 236 g/mol. The van der Waals surface area contributed by atoms with Crippen LogP contribution in [0.1, 0.15) is 23.7 Å². The number of carbonyl (C=O) groups excluding carboxylic acids is 2. The first-order chi connectivity index (χ1) is 8.08. The van der Waals surface area contributed by atoms with E-state index >= 15 is 0 Å². The van der Waals surface area contributed by atoms with Gasteiger partial charge >= 0.3 is 5.97 Å². The predicted octanol–water partition coefficient (Wildman–Crippen LogP) is 1.15. The molecule has 1 unspecified atom stereocenters. The highest BCUT2D eigenvalue weighted by Crippen LogP contribution is 2.12. The lowest BCUT2D eigenvalue weighted by molar-refractivity contribution is -0.141. The number of esters is 1. The summed E-state index contributed by atoms with van der Waals surface area (Å²) in [5, 5.41) is 3.02. The molecule has 1 atom stereocenters. The summed E-state index contributed by atoms with van der Waals surface area (Å²) in [5.74, 6) is -0.789. The molecule has 0 aliphatic carbocycles. The van der Waals surface area contributed by atoms with Crippen LogP contribution in [0.4, 0.5) is 5.69 Å². The molecule has 0 saturated heterocycles. The maximum atomic E-state index is 11.4. The fourth-order valence-electron chi connectivity index (χ4n) is 1.40. The van der Waals surface area contributed by atoms with Gasteiger partial charge in [0.05, 0.1) is 7.11 Å². The summed E-state index contributed by atoms with van der Waals surface area (Å²) in [5.41, 5.74) is 6.30. The van der Waals surface area contributed by atoms with Crippen LogP contribution in [-0.2, 0) is 9.53 Å². The zero-order valence-corrected chi connectivity index (χ0v) is 9.90. The number of nitrogens with one attached hydrogen (secondary N) is 1. The van der Waals surface area contributed by atoms with Gasteiger partial charge in [-0.25, -0.2) is 4.79 Å². The fourth-order valence-corrected chi connectivity index (χ4v) is 1.40. The Morgan fingerprint density at radius 2 is 1.94 bits per heavy atom. The Hall–Kier alpha value is -2.04. The zero-order valence-electron chi connectivity index (χ0n) is 9.90. The summed E-state index contributed by atoms with van der Waals surface area (Å²) in [7, 11) is 1.35. The molecule has 0 heterocycles. The largest absolute Gasteiger partial charge is 0.467 e. The third-order valence-corrected chi connectivity index (χ3v) is 2.40. The van der Waals surface area contributed by atoms with Gasteiger partial charge in [-0.3, -0.25) is 4.79 Å². The maximum Gasteiger partial charge on any atom is 0.328 e. The van der Waals surface area contributed by atoms with Crippen molar-refractivity contribution in [3.05, 3.63) is 29.8 Å². The average molecular weight is 236 g/mol. The first kappa shape index (κ1) is 13.0. The molecule has 0 spiro atoms. The molecule has 0 saturated carbocycles. The van der Waals surface area contributed by atoms with E-state index in [-0.39, 0.29) is 12.0 Å². The SMILES string of the molecule is CCC(Nc1ccc(C(N)=O)cc1)C(=O)OC. The van der Waals surface area contributed by atoms with Crippen LogP contribution in [0.5, 0.6) is 0 Å². The van der Waals surface area contributed by atoms with E-state index in [9.17, 15) is 9.59 Å². The van der Waals surface area contributed by atoms with Gasteiger partial charge in [0.15, 0.2) is 0 Å². The quantitative estimate of drug-likeness (QED) is 0.751. The number of benzene rings is 1. The van der Waals surface area contributed by atoms with E-state index in [0.29, 0.717) is 12.0 Å². The summed E-state index contributed by atoms with van der Waals surface area (Å²) in [6, 6.07) is 6.22. The van der Waals surface area contributed by atoms with Crippen LogP contribution >= 0.6 is 0 Å². The van der Waals surface area contributed by atoms with E-state index in [1.54, 1.807) is 24.3 Å². The summed E-state index contributed by atoms with van der Waals surface area (Å²) in [6.07, 6.45) is 0.615. The van der Waals surface area contributed by atoms with Gasteiger partial charge in [0.25, 0.3) is 0 Å². The number of carbonyl (C=O) groups is 2.